The summed E-state index contributed by atoms with van der Waals surface area (Å²) < 4.78 is 0. The Morgan fingerprint density at radius 2 is 2.09 bits per heavy atom. The third-order valence-corrected chi connectivity index (χ3v) is 4.35. The van der Waals surface area contributed by atoms with Crippen molar-refractivity contribution < 1.29 is 14.7 Å². The van der Waals surface area contributed by atoms with Gasteiger partial charge in [-0.2, -0.15) is 0 Å². The molecule has 0 aliphatic rings. The van der Waals surface area contributed by atoms with Gasteiger partial charge in [-0.05, 0) is 18.9 Å². The summed E-state index contributed by atoms with van der Waals surface area (Å²) in [5, 5.41) is 14.4. The van der Waals surface area contributed by atoms with Gasteiger partial charge in [-0.25, -0.2) is 9.78 Å². The first-order valence-corrected chi connectivity index (χ1v) is 8.28. The van der Waals surface area contributed by atoms with Gasteiger partial charge in [0.05, 0.1) is 12.1 Å². The fraction of sp³-hybridized carbons (Fsp3) is 0.353. The first kappa shape index (κ1) is 17.1. The highest BCUT2D eigenvalue weighted by Gasteiger charge is 2.23. The van der Waals surface area contributed by atoms with Crippen LogP contribution in [0.5, 0.6) is 0 Å². The number of aryl methyl sites for hydroxylation is 1. The van der Waals surface area contributed by atoms with Gasteiger partial charge >= 0.3 is 5.97 Å². The lowest BCUT2D eigenvalue weighted by Gasteiger charge is -2.17. The maximum atomic E-state index is 12.0. The number of aliphatic carboxylic acids is 1. The van der Waals surface area contributed by atoms with Gasteiger partial charge in [0.15, 0.2) is 0 Å². The third-order valence-electron chi connectivity index (χ3n) is 3.41. The fourth-order valence-electron chi connectivity index (χ4n) is 2.20. The summed E-state index contributed by atoms with van der Waals surface area (Å²) in [6.45, 7) is 5.54. The first-order chi connectivity index (χ1) is 10.9. The Hall–Kier alpha value is -2.21. The van der Waals surface area contributed by atoms with Crippen molar-refractivity contribution in [1.29, 1.82) is 0 Å². The van der Waals surface area contributed by atoms with Crippen molar-refractivity contribution in [1.82, 2.24) is 10.3 Å². The molecule has 0 radical (unpaired) electrons. The Bertz CT molecular complexity index is 709. The molecule has 0 aliphatic heterocycles. The van der Waals surface area contributed by atoms with Gasteiger partial charge in [-0.1, -0.05) is 37.6 Å². The molecule has 0 saturated carbocycles. The molecule has 0 aliphatic carbocycles. The molecule has 0 spiro atoms. The molecule has 122 valence electrons. The van der Waals surface area contributed by atoms with Gasteiger partial charge < -0.3 is 10.4 Å². The Balaban J connectivity index is 2.04. The molecule has 6 heteroatoms. The molecule has 1 aromatic carbocycles. The van der Waals surface area contributed by atoms with Crippen LogP contribution < -0.4 is 5.32 Å². The number of rotatable bonds is 6. The predicted octanol–water partition coefficient (Wildman–Crippen LogP) is 2.89. The van der Waals surface area contributed by atoms with Crippen LogP contribution in [0.2, 0.25) is 0 Å². The second-order valence-corrected chi connectivity index (χ2v) is 6.68. The number of carboxylic acid groups (broad SMARTS) is 1. The molecule has 1 atom stereocenters. The molecule has 1 aromatic heterocycles. The molecule has 0 saturated heterocycles. The summed E-state index contributed by atoms with van der Waals surface area (Å²) in [5.74, 6) is -1.52. The zero-order valence-electron chi connectivity index (χ0n) is 13.4. The minimum atomic E-state index is -1.02. The van der Waals surface area contributed by atoms with Gasteiger partial charge in [-0.15, -0.1) is 11.3 Å². The first-order valence-electron chi connectivity index (χ1n) is 7.40. The molecule has 23 heavy (non-hydrogen) atoms. The predicted molar refractivity (Wildman–Crippen MR) is 90.4 cm³/mol. The number of benzene rings is 1. The average molecular weight is 332 g/mol. The Morgan fingerprint density at radius 3 is 2.70 bits per heavy atom. The number of nitrogens with zero attached hydrogens (tertiary/aromatic N) is 1. The maximum absolute atomic E-state index is 12.0. The van der Waals surface area contributed by atoms with Crippen molar-refractivity contribution >= 4 is 23.2 Å². The van der Waals surface area contributed by atoms with E-state index in [4.69, 9.17) is 5.11 Å². The van der Waals surface area contributed by atoms with Gasteiger partial charge in [-0.3, -0.25) is 4.79 Å². The van der Waals surface area contributed by atoms with E-state index in [0.717, 1.165) is 16.1 Å². The number of thiazole rings is 1. The van der Waals surface area contributed by atoms with Gasteiger partial charge in [0.1, 0.15) is 11.0 Å². The van der Waals surface area contributed by atoms with E-state index in [9.17, 15) is 9.59 Å². The highest BCUT2D eigenvalue weighted by atomic mass is 32.1. The number of nitrogens with one attached hydrogen (secondary N) is 1. The second kappa shape index (κ2) is 7.37. The van der Waals surface area contributed by atoms with Crippen LogP contribution >= 0.6 is 11.3 Å². The van der Waals surface area contributed by atoms with Crippen molar-refractivity contribution in [2.45, 2.75) is 33.2 Å². The maximum Gasteiger partial charge on any atom is 0.326 e. The largest absolute Gasteiger partial charge is 0.480 e. The van der Waals surface area contributed by atoms with Crippen LogP contribution in [0.15, 0.2) is 29.6 Å². The summed E-state index contributed by atoms with van der Waals surface area (Å²) in [6.07, 6.45) is 0.0822. The van der Waals surface area contributed by atoms with Gasteiger partial charge in [0, 0.05) is 10.9 Å². The average Bonchev–Trinajstić information content (AvgIpc) is 2.92. The monoisotopic (exact) mass is 332 g/mol. The van der Waals surface area contributed by atoms with E-state index >= 15 is 0 Å². The Labute approximate surface area is 139 Å². The quantitative estimate of drug-likeness (QED) is 0.852. The van der Waals surface area contributed by atoms with Gasteiger partial charge in [0.2, 0.25) is 5.91 Å². The van der Waals surface area contributed by atoms with Crippen molar-refractivity contribution in [3.05, 3.63) is 40.9 Å². The number of carbonyl (C=O) groups excluding carboxylic acids is 1. The summed E-state index contributed by atoms with van der Waals surface area (Å²) in [4.78, 5) is 27.6. The number of aromatic nitrogens is 1. The van der Waals surface area contributed by atoms with Crippen LogP contribution in [0.25, 0.3) is 10.6 Å². The van der Waals surface area contributed by atoms with E-state index in [1.807, 2.05) is 36.6 Å². The number of hydrogen-bond acceptors (Lipinski definition) is 4. The Kier molecular flexibility index (Phi) is 5.50. The lowest BCUT2D eigenvalue weighted by molar-refractivity contribution is -0.143. The molecule has 0 bridgehead atoms. The van der Waals surface area contributed by atoms with E-state index in [-0.39, 0.29) is 18.2 Å². The van der Waals surface area contributed by atoms with Crippen LogP contribution in [-0.4, -0.2) is 28.0 Å². The normalized spacial score (nSPS) is 12.2. The minimum Gasteiger partial charge on any atom is -0.480 e. The fourth-order valence-corrected chi connectivity index (χ4v) is 3.02. The molecule has 2 aromatic rings. The third kappa shape index (κ3) is 4.63. The molecule has 1 amide bonds. The molecule has 5 nitrogen and oxygen atoms in total. The molecular weight excluding hydrogens is 312 g/mol. The lowest BCUT2D eigenvalue weighted by Crippen LogP contribution is -2.44. The lowest BCUT2D eigenvalue weighted by atomic mass is 10.0. The molecule has 0 fully saturated rings. The smallest absolute Gasteiger partial charge is 0.326 e. The summed E-state index contributed by atoms with van der Waals surface area (Å²) in [6, 6.07) is 7.14. The van der Waals surface area contributed by atoms with Crippen molar-refractivity contribution in [3.63, 3.8) is 0 Å². The van der Waals surface area contributed by atoms with Crippen LogP contribution in [0.4, 0.5) is 0 Å². The van der Waals surface area contributed by atoms with E-state index in [0.29, 0.717) is 5.69 Å². The SMILES string of the molecule is Cc1cccc(-c2nc(CC(=O)N[C@H](C(=O)O)C(C)C)cs2)c1. The number of hydrogen-bond donors (Lipinski definition) is 2. The van der Waals surface area contributed by atoms with Gasteiger partial charge in [0.25, 0.3) is 0 Å². The van der Waals surface area contributed by atoms with E-state index in [2.05, 4.69) is 10.3 Å². The van der Waals surface area contributed by atoms with Crippen LogP contribution in [0, 0.1) is 12.8 Å². The summed E-state index contributed by atoms with van der Waals surface area (Å²) >= 11 is 1.48. The minimum absolute atomic E-state index is 0.0822. The van der Waals surface area contributed by atoms with E-state index < -0.39 is 12.0 Å². The van der Waals surface area contributed by atoms with Crippen molar-refractivity contribution in [2.75, 3.05) is 0 Å². The molecule has 0 unspecified atom stereocenters. The zero-order valence-corrected chi connectivity index (χ0v) is 14.2. The molecule has 1 heterocycles. The van der Waals surface area contributed by atoms with Crippen LogP contribution in [-0.2, 0) is 16.0 Å². The summed E-state index contributed by atoms with van der Waals surface area (Å²) in [5.41, 5.74) is 2.82. The highest BCUT2D eigenvalue weighted by Crippen LogP contribution is 2.24. The number of carboxylic acids is 1. The molecule has 2 rings (SSSR count). The van der Waals surface area contributed by atoms with Crippen LogP contribution in [0.3, 0.4) is 0 Å². The standard InChI is InChI=1S/C17H20N2O3S/c1-10(2)15(17(21)22)19-14(20)8-13-9-23-16(18-13)12-6-4-5-11(3)7-12/h4-7,9-10,15H,8H2,1-3H3,(H,19,20)(H,21,22)/t15-/m0/s1. The highest BCUT2D eigenvalue weighted by molar-refractivity contribution is 7.13. The number of carbonyl (C=O) groups is 2. The van der Waals surface area contributed by atoms with E-state index in [1.54, 1.807) is 13.8 Å². The Morgan fingerprint density at radius 1 is 1.35 bits per heavy atom. The molecule has 2 N–H and O–H groups in total. The van der Waals surface area contributed by atoms with Crippen LogP contribution in [0.1, 0.15) is 25.1 Å². The number of amides is 1. The van der Waals surface area contributed by atoms with Crippen molar-refractivity contribution in [2.24, 2.45) is 5.92 Å². The van der Waals surface area contributed by atoms with Crippen molar-refractivity contribution in [3.8, 4) is 10.6 Å². The summed E-state index contributed by atoms with van der Waals surface area (Å²) in [7, 11) is 0. The molecular formula is C17H20N2O3S. The zero-order chi connectivity index (χ0) is 17.0. The topological polar surface area (TPSA) is 79.3 Å². The van der Waals surface area contributed by atoms with E-state index in [1.165, 1.54) is 11.3 Å². The second-order valence-electron chi connectivity index (χ2n) is 5.82.